The quantitative estimate of drug-likeness (QED) is 0.247. The molecule has 1 aliphatic heterocycles. The molecule has 6 heteroatoms. The molecule has 2 nitrogen and oxygen atoms in total. The van der Waals surface area contributed by atoms with Crippen LogP contribution < -0.4 is 4.57 Å². The molecule has 2 fully saturated rings. The molecule has 39 heavy (non-hydrogen) atoms. The molecule has 210 valence electrons. The second kappa shape index (κ2) is 13.3. The van der Waals surface area contributed by atoms with Crippen LogP contribution in [0.3, 0.4) is 0 Å². The Balaban J connectivity index is 0.000000845. The van der Waals surface area contributed by atoms with Gasteiger partial charge in [0.25, 0.3) is 0 Å². The molecule has 4 atom stereocenters. The SMILES string of the molecule is CC(C)[C@@H]1C[C@@H]2C(C3CCCCC3)=CC=C[C@@H]2C1[Si](C)(C)N1c2ccccc2[N-]c2ccccc21.[CH3-].[Cl][Ti][Cl]. The van der Waals surface area contributed by atoms with Crippen molar-refractivity contribution in [2.24, 2.45) is 29.6 Å². The first-order valence-corrected chi connectivity index (χ1v) is 21.7. The summed E-state index contributed by atoms with van der Waals surface area (Å²) in [6, 6.07) is 17.7. The summed E-state index contributed by atoms with van der Waals surface area (Å²) in [4.78, 5) is 0. The average molecular weight is 616 g/mol. The Labute approximate surface area is 255 Å². The Morgan fingerprint density at radius 3 is 2.05 bits per heavy atom. The van der Waals surface area contributed by atoms with Crippen molar-refractivity contribution in [2.45, 2.75) is 71.0 Å². The second-order valence-corrected chi connectivity index (χ2v) is 19.4. The van der Waals surface area contributed by atoms with Crippen LogP contribution in [0.1, 0.15) is 52.4 Å². The maximum atomic E-state index is 5.07. The molecule has 3 aliphatic carbocycles. The van der Waals surface area contributed by atoms with Crippen LogP contribution in [-0.2, 0) is 17.0 Å². The summed E-state index contributed by atoms with van der Waals surface area (Å²) in [5.41, 5.74) is 7.42. The maximum absolute atomic E-state index is 5.07. The van der Waals surface area contributed by atoms with Crippen LogP contribution in [-0.4, -0.2) is 8.24 Å². The molecule has 0 bridgehead atoms. The third-order valence-corrected chi connectivity index (χ3v) is 13.8. The van der Waals surface area contributed by atoms with Crippen LogP contribution in [0.25, 0.3) is 5.32 Å². The number of rotatable bonds is 4. The second-order valence-electron chi connectivity index (χ2n) is 12.4. The fourth-order valence-electron chi connectivity index (χ4n) is 8.24. The van der Waals surface area contributed by atoms with Gasteiger partial charge in [-0.15, -0.1) is 11.4 Å². The molecule has 0 radical (unpaired) electrons. The van der Waals surface area contributed by atoms with Gasteiger partial charge >= 0.3 is 35.6 Å². The number of hydrogen-bond donors (Lipinski definition) is 0. The number of fused-ring (bicyclic) bond motifs is 3. The van der Waals surface area contributed by atoms with Gasteiger partial charge in [-0.3, -0.25) is 0 Å². The van der Waals surface area contributed by atoms with E-state index in [0.29, 0.717) is 11.8 Å². The average Bonchev–Trinajstić information content (AvgIpc) is 3.34. The molecule has 0 saturated heterocycles. The molecule has 6 rings (SSSR count). The number of allylic oxidation sites excluding steroid dienone is 4. The summed E-state index contributed by atoms with van der Waals surface area (Å²) in [5, 5.41) is 5.07. The van der Waals surface area contributed by atoms with Gasteiger partial charge in [0.15, 0.2) is 8.24 Å². The number of para-hydroxylation sites is 4. The first-order valence-electron chi connectivity index (χ1n) is 14.4. The van der Waals surface area contributed by atoms with Crippen molar-refractivity contribution < 1.29 is 17.0 Å². The van der Waals surface area contributed by atoms with Crippen molar-refractivity contribution in [3.8, 4) is 0 Å². The molecule has 0 spiro atoms. The zero-order valence-electron chi connectivity index (χ0n) is 24.2. The molecule has 2 saturated carbocycles. The van der Waals surface area contributed by atoms with Gasteiger partial charge < -0.3 is 17.3 Å². The summed E-state index contributed by atoms with van der Waals surface area (Å²) < 4.78 is 2.79. The van der Waals surface area contributed by atoms with Gasteiger partial charge in [0.2, 0.25) is 0 Å². The predicted octanol–water partition coefficient (Wildman–Crippen LogP) is 11.9. The van der Waals surface area contributed by atoms with E-state index >= 15 is 0 Å². The van der Waals surface area contributed by atoms with E-state index in [2.05, 4.69) is 98.3 Å². The molecule has 1 heterocycles. The Morgan fingerprint density at radius 2 is 1.49 bits per heavy atom. The van der Waals surface area contributed by atoms with Gasteiger partial charge in [-0.2, -0.15) is 0 Å². The van der Waals surface area contributed by atoms with Crippen molar-refractivity contribution in [3.05, 3.63) is 85.1 Å². The van der Waals surface area contributed by atoms with Gasteiger partial charge in [0.1, 0.15) is 0 Å². The molecule has 0 aromatic heterocycles. The Morgan fingerprint density at radius 1 is 0.923 bits per heavy atom. The molecule has 0 N–H and O–H groups in total. The third-order valence-electron chi connectivity index (χ3n) is 9.73. The number of halogens is 2. The minimum absolute atomic E-state index is 0. The van der Waals surface area contributed by atoms with Crippen LogP contribution in [0, 0.1) is 37.0 Å². The summed E-state index contributed by atoms with van der Waals surface area (Å²) in [6.45, 7) is 10.3. The zero-order valence-corrected chi connectivity index (χ0v) is 28.3. The van der Waals surface area contributed by atoms with Crippen molar-refractivity contribution in [1.29, 1.82) is 0 Å². The van der Waals surface area contributed by atoms with Crippen molar-refractivity contribution in [1.82, 2.24) is 0 Å². The van der Waals surface area contributed by atoms with E-state index in [4.69, 9.17) is 23.9 Å². The van der Waals surface area contributed by atoms with Crippen molar-refractivity contribution >= 4 is 49.6 Å². The topological polar surface area (TPSA) is 17.3 Å². The fraction of sp³-hybridized carbons (Fsp3) is 0.485. The summed E-state index contributed by atoms with van der Waals surface area (Å²) >= 11 is -0.556. The number of nitrogens with zero attached hydrogens (tertiary/aromatic N) is 2. The Kier molecular flexibility index (Phi) is 10.6. The first-order chi connectivity index (χ1) is 18.4. The van der Waals surface area contributed by atoms with Crippen LogP contribution in [0.2, 0.25) is 18.6 Å². The van der Waals surface area contributed by atoms with E-state index < -0.39 is 25.3 Å². The predicted molar refractivity (Wildman–Crippen MR) is 171 cm³/mol. The minimum atomic E-state index is -1.99. The van der Waals surface area contributed by atoms with E-state index in [1.807, 2.05) is 5.57 Å². The third kappa shape index (κ3) is 6.00. The Hall–Kier alpha value is -0.969. The van der Waals surface area contributed by atoms with Gasteiger partial charge in [0, 0.05) is 11.4 Å². The van der Waals surface area contributed by atoms with Crippen LogP contribution in [0.15, 0.2) is 72.3 Å². The number of benzene rings is 2. The van der Waals surface area contributed by atoms with Crippen molar-refractivity contribution in [3.63, 3.8) is 0 Å². The zero-order chi connectivity index (χ0) is 26.9. The normalized spacial score (nSPS) is 25.7. The van der Waals surface area contributed by atoms with Crippen molar-refractivity contribution in [2.75, 3.05) is 4.57 Å². The monoisotopic (exact) mass is 614 g/mol. The molecular formula is C33H44Cl2N2SiTi-2. The van der Waals surface area contributed by atoms with Gasteiger partial charge in [0.05, 0.1) is 0 Å². The van der Waals surface area contributed by atoms with Crippen LogP contribution >= 0.6 is 18.6 Å². The van der Waals surface area contributed by atoms with E-state index in [-0.39, 0.29) is 7.43 Å². The molecule has 2 aromatic rings. The van der Waals surface area contributed by atoms with E-state index in [1.54, 1.807) is 0 Å². The van der Waals surface area contributed by atoms with E-state index in [1.165, 1.54) is 49.9 Å². The van der Waals surface area contributed by atoms with E-state index in [0.717, 1.165) is 34.7 Å². The Bertz CT molecular complexity index is 1130. The number of anilines is 2. The first kappa shape index (κ1) is 31.0. The molecule has 1 unspecified atom stereocenters. The number of hydrogen-bond acceptors (Lipinski definition) is 1. The molecule has 2 aromatic carbocycles. The summed E-state index contributed by atoms with van der Waals surface area (Å²) in [6.07, 6.45) is 16.1. The standard InChI is InChI=1S/C32H41N2Si.CH3.2ClH.Ti/c1-22(2)26-21-27-24(23-13-6-5-7-14-23)15-12-16-25(27)32(26)35(3,4)34-30-19-10-8-17-28(30)33-29-18-9-11-20-31(29)34;;;;/h8-12,15-20,22-23,25-27,32H,5-7,13-14,21H2,1-4H3;1H3;2*1H;/q2*-1;;;+2/p-2/t25-,26-,27+,32?;;;;/m0..../s1. The van der Waals surface area contributed by atoms with E-state index in [9.17, 15) is 0 Å². The fourth-order valence-corrected chi connectivity index (χ4v) is 13.0. The van der Waals surface area contributed by atoms with Crippen LogP contribution in [0.5, 0.6) is 0 Å². The van der Waals surface area contributed by atoms with Gasteiger partial charge in [-0.25, -0.2) is 0 Å². The van der Waals surface area contributed by atoms with Gasteiger partial charge in [-0.1, -0.05) is 106 Å². The summed E-state index contributed by atoms with van der Waals surface area (Å²) in [5.74, 6) is 3.71. The van der Waals surface area contributed by atoms with Crippen LogP contribution in [0.4, 0.5) is 22.7 Å². The molecular weight excluding hydrogens is 571 g/mol. The molecule has 0 amide bonds. The van der Waals surface area contributed by atoms with Gasteiger partial charge in [-0.05, 0) is 66.5 Å². The summed E-state index contributed by atoms with van der Waals surface area (Å²) in [7, 11) is 7.79. The molecule has 4 aliphatic rings.